The molecule has 0 N–H and O–H groups in total. The minimum absolute atomic E-state index is 0.0756. The number of allylic oxidation sites excluding steroid dienone is 12. The van der Waals surface area contributed by atoms with Gasteiger partial charge in [-0.15, -0.1) is 0 Å². The molecule has 0 fully saturated rings. The summed E-state index contributed by atoms with van der Waals surface area (Å²) in [6, 6.07) is 0. The van der Waals surface area contributed by atoms with Crippen molar-refractivity contribution in [3.63, 3.8) is 0 Å². The van der Waals surface area contributed by atoms with Crippen LogP contribution in [0.3, 0.4) is 0 Å². The number of carbonyl (C=O) groups is 3. The predicted octanol–water partition coefficient (Wildman–Crippen LogP) is 21.3. The van der Waals surface area contributed by atoms with Crippen molar-refractivity contribution in [2.45, 2.75) is 322 Å². The lowest BCUT2D eigenvalue weighted by Gasteiger charge is -2.18. The van der Waals surface area contributed by atoms with Gasteiger partial charge in [0.05, 0.1) is 0 Å². The molecule has 0 aromatic rings. The third-order valence-corrected chi connectivity index (χ3v) is 13.7. The minimum Gasteiger partial charge on any atom is -0.462 e. The van der Waals surface area contributed by atoms with Crippen molar-refractivity contribution in [2.75, 3.05) is 13.2 Å². The quantitative estimate of drug-likeness (QED) is 0.0261. The van der Waals surface area contributed by atoms with Crippen LogP contribution in [0.2, 0.25) is 0 Å². The molecule has 0 aliphatic carbocycles. The monoisotopic (exact) mass is 1020 g/mol. The first-order valence-corrected chi connectivity index (χ1v) is 31.4. The van der Waals surface area contributed by atoms with Crippen LogP contribution in [0.25, 0.3) is 0 Å². The summed E-state index contributed by atoms with van der Waals surface area (Å²) in [5.74, 6) is -0.874. The van der Waals surface area contributed by atoms with Gasteiger partial charge < -0.3 is 14.2 Å². The molecule has 0 heterocycles. The van der Waals surface area contributed by atoms with Crippen LogP contribution in [-0.4, -0.2) is 37.2 Å². The highest BCUT2D eigenvalue weighted by molar-refractivity contribution is 5.71. The Bertz CT molecular complexity index is 1360. The zero-order valence-electron chi connectivity index (χ0n) is 48.4. The number of rotatable bonds is 57. The maximum absolute atomic E-state index is 12.9. The summed E-state index contributed by atoms with van der Waals surface area (Å²) in [5, 5.41) is 0. The van der Waals surface area contributed by atoms with Crippen LogP contribution >= 0.6 is 0 Å². The van der Waals surface area contributed by atoms with Crippen LogP contribution in [-0.2, 0) is 28.6 Å². The van der Waals surface area contributed by atoms with Crippen LogP contribution in [0.15, 0.2) is 72.9 Å². The molecule has 6 nitrogen and oxygen atoms in total. The molecule has 0 saturated carbocycles. The molecule has 0 bridgehead atoms. The van der Waals surface area contributed by atoms with E-state index in [1.807, 2.05) is 0 Å². The van der Waals surface area contributed by atoms with Gasteiger partial charge in [0.15, 0.2) is 6.10 Å². The molecular formula is C67H118O6. The molecule has 0 rings (SSSR count). The summed E-state index contributed by atoms with van der Waals surface area (Å²) in [6.07, 6.45) is 79.0. The summed E-state index contributed by atoms with van der Waals surface area (Å²) in [4.78, 5) is 38.2. The van der Waals surface area contributed by atoms with E-state index in [1.54, 1.807) is 0 Å². The predicted molar refractivity (Wildman–Crippen MR) is 316 cm³/mol. The minimum atomic E-state index is -0.779. The lowest BCUT2D eigenvalue weighted by molar-refractivity contribution is -0.167. The first-order chi connectivity index (χ1) is 36.0. The number of esters is 3. The second kappa shape index (κ2) is 61.4. The number of hydrogen-bond acceptors (Lipinski definition) is 6. The normalized spacial score (nSPS) is 12.5. The zero-order valence-corrected chi connectivity index (χ0v) is 48.4. The smallest absolute Gasteiger partial charge is 0.306 e. The molecule has 6 heteroatoms. The van der Waals surface area contributed by atoms with Crippen molar-refractivity contribution in [3.05, 3.63) is 72.9 Å². The number of hydrogen-bond donors (Lipinski definition) is 0. The van der Waals surface area contributed by atoms with Crippen molar-refractivity contribution < 1.29 is 28.6 Å². The molecule has 0 aliphatic rings. The number of carbonyl (C=O) groups excluding carboxylic acids is 3. The number of ether oxygens (including phenoxy) is 3. The summed E-state index contributed by atoms with van der Waals surface area (Å²) in [5.41, 5.74) is 0. The molecule has 1 unspecified atom stereocenters. The van der Waals surface area contributed by atoms with E-state index in [1.165, 1.54) is 173 Å². The molecule has 422 valence electrons. The second-order valence-electron chi connectivity index (χ2n) is 21.0. The molecule has 73 heavy (non-hydrogen) atoms. The maximum atomic E-state index is 12.9. The van der Waals surface area contributed by atoms with Crippen LogP contribution in [0.4, 0.5) is 0 Å². The van der Waals surface area contributed by atoms with Gasteiger partial charge in [0.2, 0.25) is 0 Å². The van der Waals surface area contributed by atoms with E-state index in [0.717, 1.165) is 103 Å². The lowest BCUT2D eigenvalue weighted by atomic mass is 10.0. The summed E-state index contributed by atoms with van der Waals surface area (Å²) in [7, 11) is 0. The Balaban J connectivity index is 4.32. The summed E-state index contributed by atoms with van der Waals surface area (Å²) >= 11 is 0. The average molecular weight is 1020 g/mol. The lowest BCUT2D eigenvalue weighted by Crippen LogP contribution is -2.30. The van der Waals surface area contributed by atoms with Crippen molar-refractivity contribution in [1.29, 1.82) is 0 Å². The first-order valence-electron chi connectivity index (χ1n) is 31.4. The highest BCUT2D eigenvalue weighted by Gasteiger charge is 2.19. The fourth-order valence-electron chi connectivity index (χ4n) is 9.04. The highest BCUT2D eigenvalue weighted by Crippen LogP contribution is 2.17. The second-order valence-corrected chi connectivity index (χ2v) is 21.0. The van der Waals surface area contributed by atoms with E-state index in [9.17, 15) is 14.4 Å². The Morgan fingerprint density at radius 2 is 0.534 bits per heavy atom. The standard InChI is InChI=1S/C67H118O6/c1-4-7-10-13-16-19-22-25-27-29-31-32-33-34-35-36-37-39-40-42-45-48-51-54-57-60-66(69)72-63-64(62-71-65(68)59-56-53-50-47-44-24-21-18-15-12-9-6-3)73-67(70)61-58-55-52-49-46-43-41-38-30-28-26-23-20-17-14-11-8-5-2/h7,10,16,19,25,27,31-32,34-35,37,39,64H,4-6,8-9,11-15,17-18,20-24,26,28-30,33,36,38,40-63H2,1-3H3/b10-7-,19-16-,27-25-,32-31-,35-34-,39-37-. The van der Waals surface area contributed by atoms with Crippen LogP contribution in [0, 0.1) is 0 Å². The summed E-state index contributed by atoms with van der Waals surface area (Å²) < 4.78 is 16.9. The van der Waals surface area contributed by atoms with Crippen LogP contribution in [0.5, 0.6) is 0 Å². The summed E-state index contributed by atoms with van der Waals surface area (Å²) in [6.45, 7) is 6.55. The van der Waals surface area contributed by atoms with Gasteiger partial charge in [-0.2, -0.15) is 0 Å². The van der Waals surface area contributed by atoms with Gasteiger partial charge in [0, 0.05) is 19.3 Å². The Morgan fingerprint density at radius 3 is 0.836 bits per heavy atom. The SMILES string of the molecule is CC/C=C\C/C=C\C/C=C\C/C=C\C/C=C\C/C=C\CCCCCCCCC(=O)OCC(COC(=O)CCCCCCCCCCCCCC)OC(=O)CCCCCCCCCCCCCCCCCCCC. The molecule has 0 spiro atoms. The van der Waals surface area contributed by atoms with Gasteiger partial charge in [0.1, 0.15) is 13.2 Å². The largest absolute Gasteiger partial charge is 0.462 e. The zero-order chi connectivity index (χ0) is 52.9. The van der Waals surface area contributed by atoms with Gasteiger partial charge >= 0.3 is 17.9 Å². The van der Waals surface area contributed by atoms with Gasteiger partial charge in [-0.3, -0.25) is 14.4 Å². The van der Waals surface area contributed by atoms with Crippen molar-refractivity contribution in [2.24, 2.45) is 0 Å². The topological polar surface area (TPSA) is 78.9 Å². The molecule has 0 radical (unpaired) electrons. The van der Waals surface area contributed by atoms with E-state index >= 15 is 0 Å². The molecule has 1 atom stereocenters. The number of unbranched alkanes of at least 4 members (excludes halogenated alkanes) is 34. The Labute approximate surface area is 453 Å². The van der Waals surface area contributed by atoms with Crippen molar-refractivity contribution in [1.82, 2.24) is 0 Å². The molecule has 0 aliphatic heterocycles. The Hall–Kier alpha value is -3.15. The average Bonchev–Trinajstić information content (AvgIpc) is 3.39. The van der Waals surface area contributed by atoms with Gasteiger partial charge in [-0.25, -0.2) is 0 Å². The van der Waals surface area contributed by atoms with E-state index in [4.69, 9.17) is 14.2 Å². The van der Waals surface area contributed by atoms with E-state index in [2.05, 4.69) is 93.7 Å². The molecular weight excluding hydrogens is 901 g/mol. The molecule has 0 amide bonds. The van der Waals surface area contributed by atoms with Gasteiger partial charge in [-0.05, 0) is 70.6 Å². The Morgan fingerprint density at radius 1 is 0.288 bits per heavy atom. The molecule has 0 aromatic carbocycles. The van der Waals surface area contributed by atoms with Crippen LogP contribution < -0.4 is 0 Å². The fourth-order valence-corrected chi connectivity index (χ4v) is 9.04. The van der Waals surface area contributed by atoms with E-state index in [-0.39, 0.29) is 31.1 Å². The molecule has 0 saturated heterocycles. The van der Waals surface area contributed by atoms with Crippen molar-refractivity contribution in [3.8, 4) is 0 Å². The molecule has 0 aromatic heterocycles. The maximum Gasteiger partial charge on any atom is 0.306 e. The van der Waals surface area contributed by atoms with Gasteiger partial charge in [-0.1, -0.05) is 299 Å². The van der Waals surface area contributed by atoms with E-state index < -0.39 is 6.10 Å². The van der Waals surface area contributed by atoms with Crippen molar-refractivity contribution >= 4 is 17.9 Å². The van der Waals surface area contributed by atoms with Crippen LogP contribution in [0.1, 0.15) is 316 Å². The Kier molecular flexibility index (Phi) is 58.7. The highest BCUT2D eigenvalue weighted by atomic mass is 16.6. The van der Waals surface area contributed by atoms with E-state index in [0.29, 0.717) is 19.3 Å². The van der Waals surface area contributed by atoms with Gasteiger partial charge in [0.25, 0.3) is 0 Å². The fraction of sp³-hybridized carbons (Fsp3) is 0.776. The third kappa shape index (κ3) is 59.6. The third-order valence-electron chi connectivity index (χ3n) is 13.7. The first kappa shape index (κ1) is 69.8.